The predicted molar refractivity (Wildman–Crippen MR) is 88.5 cm³/mol. The molecule has 2 amide bonds. The molecule has 0 bridgehead atoms. The number of hydrogen-bond donors (Lipinski definition) is 2. The van der Waals surface area contributed by atoms with Crippen molar-refractivity contribution in [3.8, 4) is 0 Å². The first kappa shape index (κ1) is 16.2. The van der Waals surface area contributed by atoms with Crippen molar-refractivity contribution in [1.29, 1.82) is 0 Å². The third kappa shape index (κ3) is 3.82. The van der Waals surface area contributed by atoms with Gasteiger partial charge in [0.2, 0.25) is 5.91 Å². The Balaban J connectivity index is 1.75. The molecule has 2 aromatic rings. The predicted octanol–water partition coefficient (Wildman–Crippen LogP) is 1.91. The number of nitrogens with one attached hydrogen (secondary N) is 2. The van der Waals surface area contributed by atoms with Gasteiger partial charge < -0.3 is 15.2 Å². The first-order valence-electron chi connectivity index (χ1n) is 8.12. The first-order valence-corrected chi connectivity index (χ1v) is 8.12. The van der Waals surface area contributed by atoms with Gasteiger partial charge in [-0.1, -0.05) is 35.5 Å². The number of aryl methyl sites for hydroxylation is 2. The molecule has 1 aliphatic rings. The summed E-state index contributed by atoms with van der Waals surface area (Å²) in [5, 5.41) is 9.59. The molecule has 6 heteroatoms. The lowest BCUT2D eigenvalue weighted by atomic mass is 10.0. The van der Waals surface area contributed by atoms with Crippen LogP contribution in [0.15, 0.2) is 34.9 Å². The van der Waals surface area contributed by atoms with Crippen LogP contribution >= 0.6 is 0 Å². The average Bonchev–Trinajstić information content (AvgIpc) is 3.31. The zero-order valence-corrected chi connectivity index (χ0v) is 13.8. The molecule has 0 unspecified atom stereocenters. The smallest absolute Gasteiger partial charge is 0.257 e. The van der Waals surface area contributed by atoms with Crippen LogP contribution in [0.1, 0.15) is 40.2 Å². The quantitative estimate of drug-likeness (QED) is 0.849. The van der Waals surface area contributed by atoms with Crippen LogP contribution in [0.2, 0.25) is 0 Å². The minimum absolute atomic E-state index is 0.151. The second-order valence-corrected chi connectivity index (χ2v) is 6.20. The summed E-state index contributed by atoms with van der Waals surface area (Å²) < 4.78 is 5.04. The maximum atomic E-state index is 12.6. The van der Waals surface area contributed by atoms with Gasteiger partial charge in [0.15, 0.2) is 0 Å². The van der Waals surface area contributed by atoms with E-state index in [-0.39, 0.29) is 17.9 Å². The molecule has 126 valence electrons. The first-order chi connectivity index (χ1) is 11.5. The largest absolute Gasteiger partial charge is 0.361 e. The fourth-order valence-corrected chi connectivity index (χ4v) is 2.63. The van der Waals surface area contributed by atoms with Crippen LogP contribution in [0.5, 0.6) is 0 Å². The van der Waals surface area contributed by atoms with Gasteiger partial charge in [-0.15, -0.1) is 0 Å². The molecule has 1 aliphatic carbocycles. The Morgan fingerprint density at radius 3 is 2.54 bits per heavy atom. The summed E-state index contributed by atoms with van der Waals surface area (Å²) >= 11 is 0. The average molecular weight is 327 g/mol. The molecule has 0 saturated heterocycles. The molecule has 1 heterocycles. The van der Waals surface area contributed by atoms with Crippen molar-refractivity contribution in [1.82, 2.24) is 15.8 Å². The van der Waals surface area contributed by atoms with Crippen molar-refractivity contribution in [3.63, 3.8) is 0 Å². The Hall–Kier alpha value is -2.63. The monoisotopic (exact) mass is 327 g/mol. The number of benzene rings is 1. The molecule has 1 atom stereocenters. The SMILES string of the molecule is Cc1noc(C)c1C(=O)N[C@@H](Cc1ccccc1)C(=O)NC1CC1. The fourth-order valence-electron chi connectivity index (χ4n) is 2.63. The number of rotatable bonds is 6. The highest BCUT2D eigenvalue weighted by atomic mass is 16.5. The van der Waals surface area contributed by atoms with Crippen LogP contribution < -0.4 is 10.6 Å². The van der Waals surface area contributed by atoms with E-state index >= 15 is 0 Å². The number of amides is 2. The summed E-state index contributed by atoms with van der Waals surface area (Å²) in [4.78, 5) is 25.1. The van der Waals surface area contributed by atoms with E-state index in [0.717, 1.165) is 18.4 Å². The third-order valence-electron chi connectivity index (χ3n) is 4.09. The van der Waals surface area contributed by atoms with Crippen molar-refractivity contribution < 1.29 is 14.1 Å². The molecule has 0 aliphatic heterocycles. The lowest BCUT2D eigenvalue weighted by Crippen LogP contribution is -2.48. The van der Waals surface area contributed by atoms with Gasteiger partial charge in [-0.3, -0.25) is 9.59 Å². The summed E-state index contributed by atoms with van der Waals surface area (Å²) in [6.07, 6.45) is 2.44. The van der Waals surface area contributed by atoms with Crippen LogP contribution in [-0.4, -0.2) is 29.1 Å². The Morgan fingerprint density at radius 1 is 1.25 bits per heavy atom. The topological polar surface area (TPSA) is 84.2 Å². The molecule has 1 aromatic heterocycles. The number of nitrogens with zero attached hydrogens (tertiary/aromatic N) is 1. The van der Waals surface area contributed by atoms with Crippen LogP contribution in [0, 0.1) is 13.8 Å². The van der Waals surface area contributed by atoms with Gasteiger partial charge in [0.05, 0.1) is 5.69 Å². The van der Waals surface area contributed by atoms with E-state index in [4.69, 9.17) is 4.52 Å². The highest BCUT2D eigenvalue weighted by Crippen LogP contribution is 2.19. The molecule has 0 radical (unpaired) electrons. The van der Waals surface area contributed by atoms with Gasteiger partial charge in [0.1, 0.15) is 17.4 Å². The maximum absolute atomic E-state index is 12.6. The molecule has 3 rings (SSSR count). The van der Waals surface area contributed by atoms with Crippen LogP contribution in [-0.2, 0) is 11.2 Å². The zero-order valence-electron chi connectivity index (χ0n) is 13.8. The van der Waals surface area contributed by atoms with Crippen molar-refractivity contribution in [2.75, 3.05) is 0 Å². The molecule has 1 saturated carbocycles. The molecule has 2 N–H and O–H groups in total. The summed E-state index contributed by atoms with van der Waals surface area (Å²) in [7, 11) is 0. The summed E-state index contributed by atoms with van der Waals surface area (Å²) in [5.41, 5.74) is 1.91. The van der Waals surface area contributed by atoms with Crippen LogP contribution in [0.4, 0.5) is 0 Å². The van der Waals surface area contributed by atoms with E-state index in [2.05, 4.69) is 15.8 Å². The second-order valence-electron chi connectivity index (χ2n) is 6.20. The van der Waals surface area contributed by atoms with E-state index in [1.54, 1.807) is 13.8 Å². The van der Waals surface area contributed by atoms with Crippen LogP contribution in [0.3, 0.4) is 0 Å². The Morgan fingerprint density at radius 2 is 1.96 bits per heavy atom. The molecule has 6 nitrogen and oxygen atoms in total. The minimum Gasteiger partial charge on any atom is -0.361 e. The van der Waals surface area contributed by atoms with E-state index < -0.39 is 6.04 Å². The maximum Gasteiger partial charge on any atom is 0.257 e. The van der Waals surface area contributed by atoms with Crippen molar-refractivity contribution in [3.05, 3.63) is 52.9 Å². The highest BCUT2D eigenvalue weighted by molar-refractivity contribution is 5.99. The Bertz CT molecular complexity index is 716. The molecular weight excluding hydrogens is 306 g/mol. The lowest BCUT2D eigenvalue weighted by Gasteiger charge is -2.18. The highest BCUT2D eigenvalue weighted by Gasteiger charge is 2.29. The van der Waals surface area contributed by atoms with Gasteiger partial charge in [0.25, 0.3) is 5.91 Å². The Kier molecular flexibility index (Phi) is 4.64. The van der Waals surface area contributed by atoms with Crippen molar-refractivity contribution >= 4 is 11.8 Å². The lowest BCUT2D eigenvalue weighted by molar-refractivity contribution is -0.123. The second kappa shape index (κ2) is 6.86. The number of aromatic nitrogens is 1. The summed E-state index contributed by atoms with van der Waals surface area (Å²) in [6.45, 7) is 3.40. The summed E-state index contributed by atoms with van der Waals surface area (Å²) in [6, 6.07) is 9.26. The standard InChI is InChI=1S/C18H21N3O3/c1-11-16(12(2)24-21-11)18(23)20-15(17(22)19-14-8-9-14)10-13-6-4-3-5-7-13/h3-7,14-15H,8-10H2,1-2H3,(H,19,22)(H,20,23)/t15-/m0/s1. The van der Waals surface area contributed by atoms with E-state index in [1.165, 1.54) is 0 Å². The third-order valence-corrected chi connectivity index (χ3v) is 4.09. The normalized spacial score (nSPS) is 14.9. The van der Waals surface area contributed by atoms with Gasteiger partial charge in [-0.25, -0.2) is 0 Å². The number of hydrogen-bond acceptors (Lipinski definition) is 4. The molecule has 1 fully saturated rings. The van der Waals surface area contributed by atoms with E-state index in [1.807, 2.05) is 30.3 Å². The van der Waals surface area contributed by atoms with Crippen molar-refractivity contribution in [2.45, 2.75) is 45.2 Å². The molecule has 24 heavy (non-hydrogen) atoms. The van der Waals surface area contributed by atoms with Gasteiger partial charge >= 0.3 is 0 Å². The number of carbonyl (C=O) groups is 2. The Labute approximate surface area is 140 Å². The van der Waals surface area contributed by atoms with Crippen molar-refractivity contribution in [2.24, 2.45) is 0 Å². The van der Waals surface area contributed by atoms with E-state index in [9.17, 15) is 9.59 Å². The molecule has 0 spiro atoms. The molecular formula is C18H21N3O3. The van der Waals surface area contributed by atoms with Crippen LogP contribution in [0.25, 0.3) is 0 Å². The fraction of sp³-hybridized carbons (Fsp3) is 0.389. The molecule has 1 aromatic carbocycles. The zero-order chi connectivity index (χ0) is 17.1. The van der Waals surface area contributed by atoms with E-state index in [0.29, 0.717) is 23.4 Å². The summed E-state index contributed by atoms with van der Waals surface area (Å²) in [5.74, 6) is -0.0364. The van der Waals surface area contributed by atoms with Gasteiger partial charge in [-0.05, 0) is 32.3 Å². The van der Waals surface area contributed by atoms with Gasteiger partial charge in [0, 0.05) is 12.5 Å². The minimum atomic E-state index is -0.630. The number of carbonyl (C=O) groups excluding carboxylic acids is 2. The van der Waals surface area contributed by atoms with Gasteiger partial charge in [-0.2, -0.15) is 0 Å².